The molecular weight excluding hydrogens is 174 g/mol. The normalized spacial score (nSPS) is 11.8. The smallest absolute Gasteiger partial charge is 0.127 e. The first-order valence-corrected chi connectivity index (χ1v) is 4.89. The van der Waals surface area contributed by atoms with Crippen LogP contribution in [0, 0.1) is 13.8 Å². The SMILES string of the molecule is Cc1cc(C)c(O)c(C[N+](C)(C)C)c1. The molecule has 1 aromatic carbocycles. The van der Waals surface area contributed by atoms with Crippen molar-refractivity contribution >= 4 is 0 Å². The highest BCUT2D eigenvalue weighted by Gasteiger charge is 2.13. The molecule has 0 saturated carbocycles. The standard InChI is InChI=1S/C12H19NO/c1-9-6-10(2)12(14)11(7-9)8-13(3,4)5/h6-7H,8H2,1-5H3/p+1. The summed E-state index contributed by atoms with van der Waals surface area (Å²) in [5, 5.41) is 9.88. The molecule has 14 heavy (non-hydrogen) atoms. The van der Waals surface area contributed by atoms with Gasteiger partial charge in [-0.25, -0.2) is 0 Å². The van der Waals surface area contributed by atoms with Crippen molar-refractivity contribution in [2.24, 2.45) is 0 Å². The first-order valence-electron chi connectivity index (χ1n) is 4.89. The average molecular weight is 194 g/mol. The van der Waals surface area contributed by atoms with Gasteiger partial charge in [-0.15, -0.1) is 0 Å². The van der Waals surface area contributed by atoms with Gasteiger partial charge in [0.15, 0.2) is 0 Å². The number of hydrogen-bond acceptors (Lipinski definition) is 1. The van der Waals surface area contributed by atoms with Crippen molar-refractivity contribution in [3.05, 3.63) is 28.8 Å². The van der Waals surface area contributed by atoms with Crippen molar-refractivity contribution in [1.29, 1.82) is 0 Å². The number of aryl methyl sites for hydroxylation is 2. The number of quaternary nitrogens is 1. The highest BCUT2D eigenvalue weighted by atomic mass is 16.3. The molecule has 0 aliphatic carbocycles. The molecule has 0 atom stereocenters. The van der Waals surface area contributed by atoms with Gasteiger partial charge < -0.3 is 9.59 Å². The lowest BCUT2D eigenvalue weighted by atomic mass is 10.1. The van der Waals surface area contributed by atoms with Crippen LogP contribution in [0.5, 0.6) is 5.75 Å². The van der Waals surface area contributed by atoms with Crippen LogP contribution in [-0.4, -0.2) is 30.7 Å². The van der Waals surface area contributed by atoms with E-state index in [2.05, 4.69) is 34.1 Å². The molecular formula is C12H20NO+. The number of benzene rings is 1. The van der Waals surface area contributed by atoms with Gasteiger partial charge in [0.25, 0.3) is 0 Å². The first kappa shape index (κ1) is 11.1. The Morgan fingerprint density at radius 2 is 1.71 bits per heavy atom. The lowest BCUT2D eigenvalue weighted by Crippen LogP contribution is -2.33. The zero-order chi connectivity index (χ0) is 10.9. The molecule has 0 heterocycles. The van der Waals surface area contributed by atoms with Gasteiger partial charge in [0, 0.05) is 5.56 Å². The van der Waals surface area contributed by atoms with Crippen LogP contribution in [0.4, 0.5) is 0 Å². The fourth-order valence-corrected chi connectivity index (χ4v) is 1.68. The van der Waals surface area contributed by atoms with Crippen LogP contribution in [0.2, 0.25) is 0 Å². The maximum atomic E-state index is 9.88. The maximum Gasteiger partial charge on any atom is 0.127 e. The van der Waals surface area contributed by atoms with Gasteiger partial charge in [-0.2, -0.15) is 0 Å². The van der Waals surface area contributed by atoms with E-state index in [0.717, 1.165) is 22.2 Å². The number of aromatic hydroxyl groups is 1. The number of phenols is 1. The van der Waals surface area contributed by atoms with Crippen molar-refractivity contribution in [2.75, 3.05) is 21.1 Å². The lowest BCUT2D eigenvalue weighted by Gasteiger charge is -2.24. The van der Waals surface area contributed by atoms with Crippen LogP contribution in [0.25, 0.3) is 0 Å². The number of rotatable bonds is 2. The van der Waals surface area contributed by atoms with Crippen LogP contribution in [0.3, 0.4) is 0 Å². The summed E-state index contributed by atoms with van der Waals surface area (Å²) in [6, 6.07) is 4.07. The Hall–Kier alpha value is -1.02. The largest absolute Gasteiger partial charge is 0.507 e. The van der Waals surface area contributed by atoms with Gasteiger partial charge in [0.2, 0.25) is 0 Å². The Bertz CT molecular complexity index is 337. The van der Waals surface area contributed by atoms with Gasteiger partial charge in [-0.3, -0.25) is 0 Å². The third kappa shape index (κ3) is 2.74. The van der Waals surface area contributed by atoms with E-state index in [1.165, 1.54) is 5.56 Å². The van der Waals surface area contributed by atoms with E-state index in [1.54, 1.807) is 0 Å². The van der Waals surface area contributed by atoms with Crippen molar-refractivity contribution in [3.8, 4) is 5.75 Å². The quantitative estimate of drug-likeness (QED) is 0.716. The van der Waals surface area contributed by atoms with Crippen molar-refractivity contribution in [2.45, 2.75) is 20.4 Å². The Balaban J connectivity index is 3.09. The van der Waals surface area contributed by atoms with Gasteiger partial charge in [0.05, 0.1) is 21.1 Å². The molecule has 0 aliphatic heterocycles. The second-order valence-electron chi connectivity index (χ2n) is 5.04. The first-order chi connectivity index (χ1) is 6.29. The predicted octanol–water partition coefficient (Wildman–Crippen LogP) is 2.22. The van der Waals surface area contributed by atoms with Gasteiger partial charge >= 0.3 is 0 Å². The molecule has 0 radical (unpaired) electrons. The van der Waals surface area contributed by atoms with E-state index in [-0.39, 0.29) is 0 Å². The van der Waals surface area contributed by atoms with E-state index in [4.69, 9.17) is 0 Å². The zero-order valence-electron chi connectivity index (χ0n) is 9.76. The van der Waals surface area contributed by atoms with Crippen LogP contribution in [0.15, 0.2) is 12.1 Å². The molecule has 78 valence electrons. The molecule has 0 aliphatic rings. The summed E-state index contributed by atoms with van der Waals surface area (Å²) in [5.74, 6) is 0.448. The van der Waals surface area contributed by atoms with E-state index in [0.29, 0.717) is 5.75 Å². The fraction of sp³-hybridized carbons (Fsp3) is 0.500. The van der Waals surface area contributed by atoms with Gasteiger partial charge in [0.1, 0.15) is 12.3 Å². The molecule has 0 aromatic heterocycles. The average Bonchev–Trinajstić information content (AvgIpc) is 1.96. The van der Waals surface area contributed by atoms with Gasteiger partial charge in [-0.1, -0.05) is 11.6 Å². The second kappa shape index (κ2) is 3.62. The maximum absolute atomic E-state index is 9.88. The van der Waals surface area contributed by atoms with E-state index >= 15 is 0 Å². The van der Waals surface area contributed by atoms with Crippen LogP contribution in [0.1, 0.15) is 16.7 Å². The van der Waals surface area contributed by atoms with Crippen molar-refractivity contribution in [1.82, 2.24) is 0 Å². The summed E-state index contributed by atoms with van der Waals surface area (Å²) in [5.41, 5.74) is 3.22. The summed E-state index contributed by atoms with van der Waals surface area (Å²) < 4.78 is 0.830. The Labute approximate surface area is 86.4 Å². The summed E-state index contributed by atoms with van der Waals surface area (Å²) in [6.45, 7) is 4.86. The highest BCUT2D eigenvalue weighted by Crippen LogP contribution is 2.25. The van der Waals surface area contributed by atoms with E-state index in [9.17, 15) is 5.11 Å². The second-order valence-corrected chi connectivity index (χ2v) is 5.04. The van der Waals surface area contributed by atoms with Crippen LogP contribution < -0.4 is 0 Å². The molecule has 0 amide bonds. The number of hydrogen-bond donors (Lipinski definition) is 1. The molecule has 0 fully saturated rings. The molecule has 1 N–H and O–H groups in total. The molecule has 1 aromatic rings. The fourth-order valence-electron chi connectivity index (χ4n) is 1.68. The minimum Gasteiger partial charge on any atom is -0.507 e. The summed E-state index contributed by atoms with van der Waals surface area (Å²) in [7, 11) is 6.37. The number of nitrogens with zero attached hydrogens (tertiary/aromatic N) is 1. The Morgan fingerprint density at radius 3 is 2.21 bits per heavy atom. The lowest BCUT2D eigenvalue weighted by molar-refractivity contribution is -0.884. The van der Waals surface area contributed by atoms with Gasteiger partial charge in [-0.05, 0) is 25.5 Å². The minimum absolute atomic E-state index is 0.448. The molecule has 0 saturated heterocycles. The number of phenolic OH excluding ortho intramolecular Hbond substituents is 1. The molecule has 0 bridgehead atoms. The van der Waals surface area contributed by atoms with E-state index in [1.807, 2.05) is 13.0 Å². The Morgan fingerprint density at radius 1 is 1.14 bits per heavy atom. The summed E-state index contributed by atoms with van der Waals surface area (Å²) in [4.78, 5) is 0. The molecule has 2 nitrogen and oxygen atoms in total. The zero-order valence-corrected chi connectivity index (χ0v) is 9.76. The highest BCUT2D eigenvalue weighted by molar-refractivity contribution is 5.42. The summed E-state index contributed by atoms with van der Waals surface area (Å²) >= 11 is 0. The van der Waals surface area contributed by atoms with Crippen molar-refractivity contribution < 1.29 is 9.59 Å². The molecule has 0 unspecified atom stereocenters. The van der Waals surface area contributed by atoms with E-state index < -0.39 is 0 Å². The third-order valence-electron chi connectivity index (χ3n) is 2.17. The Kier molecular flexibility index (Phi) is 2.86. The monoisotopic (exact) mass is 194 g/mol. The molecule has 1 rings (SSSR count). The molecule has 2 heteroatoms. The minimum atomic E-state index is 0.448. The van der Waals surface area contributed by atoms with Crippen LogP contribution in [-0.2, 0) is 6.54 Å². The summed E-state index contributed by atoms with van der Waals surface area (Å²) in [6.07, 6.45) is 0. The predicted molar refractivity (Wildman–Crippen MR) is 59.3 cm³/mol. The van der Waals surface area contributed by atoms with Crippen molar-refractivity contribution in [3.63, 3.8) is 0 Å². The van der Waals surface area contributed by atoms with Crippen LogP contribution >= 0.6 is 0 Å². The topological polar surface area (TPSA) is 20.2 Å². The molecule has 0 spiro atoms. The third-order valence-corrected chi connectivity index (χ3v) is 2.17.